The Labute approximate surface area is 186 Å². The number of hydrogen-bond acceptors (Lipinski definition) is 7. The quantitative estimate of drug-likeness (QED) is 0.645. The van der Waals surface area contributed by atoms with E-state index >= 15 is 0 Å². The molecule has 1 saturated heterocycles. The summed E-state index contributed by atoms with van der Waals surface area (Å²) in [5.41, 5.74) is 3.37. The number of rotatable bonds is 5. The molecule has 4 rings (SSSR count). The summed E-state index contributed by atoms with van der Waals surface area (Å²) >= 11 is 0. The molecule has 2 amide bonds. The maximum absolute atomic E-state index is 14.8. The van der Waals surface area contributed by atoms with Crippen LogP contribution < -0.4 is 10.0 Å². The second-order valence-corrected chi connectivity index (χ2v) is 9.95. The lowest BCUT2D eigenvalue weighted by Gasteiger charge is -2.32. The fourth-order valence-corrected chi connectivity index (χ4v) is 5.46. The van der Waals surface area contributed by atoms with Crippen LogP contribution in [0.2, 0.25) is 0 Å². The van der Waals surface area contributed by atoms with Crippen molar-refractivity contribution in [3.63, 3.8) is 0 Å². The van der Waals surface area contributed by atoms with Crippen LogP contribution in [-0.2, 0) is 45.2 Å². The molecule has 1 aromatic rings. The van der Waals surface area contributed by atoms with Crippen LogP contribution in [0.25, 0.3) is 0 Å². The molecule has 3 aliphatic rings. The van der Waals surface area contributed by atoms with E-state index in [0.29, 0.717) is 42.5 Å². The molecule has 0 radical (unpaired) electrons. The van der Waals surface area contributed by atoms with Gasteiger partial charge >= 0.3 is 6.03 Å². The fraction of sp³-hybridized carbons (Fsp3) is 0.524. The van der Waals surface area contributed by atoms with Crippen molar-refractivity contribution < 1.29 is 27.1 Å². The third-order valence-electron chi connectivity index (χ3n) is 6.26. The molecular weight excluding hydrogens is 439 g/mol. The van der Waals surface area contributed by atoms with Crippen molar-refractivity contribution in [1.29, 1.82) is 0 Å². The minimum absolute atomic E-state index is 0.0165. The average molecular weight is 467 g/mol. The van der Waals surface area contributed by atoms with Crippen molar-refractivity contribution in [2.24, 2.45) is 5.10 Å². The Bertz CT molecular complexity index is 1070. The van der Waals surface area contributed by atoms with Crippen molar-refractivity contribution in [3.05, 3.63) is 38.9 Å². The van der Waals surface area contributed by atoms with Crippen LogP contribution in [0.3, 0.4) is 0 Å². The van der Waals surface area contributed by atoms with Gasteiger partial charge in [0.25, 0.3) is 10.0 Å². The van der Waals surface area contributed by atoms with E-state index in [9.17, 15) is 17.6 Å². The number of carbonyl (C=O) groups excluding carboxylic acids is 1. The van der Waals surface area contributed by atoms with Gasteiger partial charge < -0.3 is 14.8 Å². The van der Waals surface area contributed by atoms with E-state index < -0.39 is 16.1 Å². The number of fused-ring (bicyclic) bond motifs is 2. The van der Waals surface area contributed by atoms with Gasteiger partial charge in [-0.3, -0.25) is 0 Å². The Kier molecular flexibility index (Phi) is 6.13. The van der Waals surface area contributed by atoms with Crippen LogP contribution >= 0.6 is 0 Å². The van der Waals surface area contributed by atoms with Crippen molar-refractivity contribution in [3.8, 4) is 0 Å². The summed E-state index contributed by atoms with van der Waals surface area (Å²) in [6, 6.07) is -0.900. The molecule has 9 nitrogen and oxygen atoms in total. The summed E-state index contributed by atoms with van der Waals surface area (Å²) in [5.74, 6) is -0.179. The predicted molar refractivity (Wildman–Crippen MR) is 117 cm³/mol. The maximum Gasteiger partial charge on any atom is 0.333 e. The molecule has 0 unspecified atom stereocenters. The van der Waals surface area contributed by atoms with E-state index in [1.165, 1.54) is 19.0 Å². The molecule has 0 bridgehead atoms. The number of halogens is 1. The first-order valence-corrected chi connectivity index (χ1v) is 12.0. The maximum atomic E-state index is 14.8. The van der Waals surface area contributed by atoms with Crippen LogP contribution in [0.5, 0.6) is 0 Å². The van der Waals surface area contributed by atoms with Gasteiger partial charge in [-0.25, -0.2) is 27.3 Å². The van der Waals surface area contributed by atoms with Gasteiger partial charge in [0.1, 0.15) is 23.4 Å². The number of benzene rings is 1. The highest BCUT2D eigenvalue weighted by Gasteiger charge is 2.33. The summed E-state index contributed by atoms with van der Waals surface area (Å²) in [6.45, 7) is 5.17. The van der Waals surface area contributed by atoms with Crippen LogP contribution in [0.1, 0.15) is 42.0 Å². The third-order valence-corrected chi connectivity index (χ3v) is 7.69. The van der Waals surface area contributed by atoms with Crippen molar-refractivity contribution in [2.45, 2.75) is 51.6 Å². The molecule has 174 valence electrons. The van der Waals surface area contributed by atoms with Crippen LogP contribution in [0, 0.1) is 5.82 Å². The molecule has 1 aliphatic heterocycles. The van der Waals surface area contributed by atoms with Gasteiger partial charge in [0, 0.05) is 19.5 Å². The number of ether oxygens (including phenoxy) is 2. The Morgan fingerprint density at radius 1 is 1.19 bits per heavy atom. The summed E-state index contributed by atoms with van der Waals surface area (Å²) in [7, 11) is -2.72. The van der Waals surface area contributed by atoms with E-state index in [1.807, 2.05) is 4.72 Å². The van der Waals surface area contributed by atoms with Gasteiger partial charge in [-0.05, 0) is 67.7 Å². The Balaban J connectivity index is 1.57. The standard InChI is InChI=1S/C21H27FN4O5S/c1-12(20-26(23-2)10-13(30-3)11-31-20)32(28,29)25-21(27)24-19-16-8-4-6-14(16)18(22)15-7-5-9-17(15)19/h13H,2,4-11H2,1,3H3,(H2,24,25,27)/b20-12-/t13-/m1/s1. The molecular formula is C21H27FN4O5S. The molecule has 0 aromatic heterocycles. The number of urea groups is 1. The molecule has 1 heterocycles. The molecule has 32 heavy (non-hydrogen) atoms. The molecule has 0 saturated carbocycles. The highest BCUT2D eigenvalue weighted by Crippen LogP contribution is 2.41. The average Bonchev–Trinajstić information content (AvgIpc) is 3.45. The summed E-state index contributed by atoms with van der Waals surface area (Å²) in [4.78, 5) is 12.5. The van der Waals surface area contributed by atoms with E-state index in [-0.39, 0.29) is 35.9 Å². The number of amides is 2. The van der Waals surface area contributed by atoms with Gasteiger partial charge in [0.2, 0.25) is 5.88 Å². The highest BCUT2D eigenvalue weighted by molar-refractivity contribution is 7.93. The Hall–Kier alpha value is -2.66. The van der Waals surface area contributed by atoms with Crippen LogP contribution in [-0.4, -0.2) is 52.5 Å². The third kappa shape index (κ3) is 3.95. The minimum atomic E-state index is -4.23. The fourth-order valence-electron chi connectivity index (χ4n) is 4.61. The van der Waals surface area contributed by atoms with E-state index in [1.54, 1.807) is 0 Å². The van der Waals surface area contributed by atoms with Crippen molar-refractivity contribution in [1.82, 2.24) is 9.73 Å². The lowest BCUT2D eigenvalue weighted by molar-refractivity contribution is -0.0486. The lowest BCUT2D eigenvalue weighted by Crippen LogP contribution is -2.42. The highest BCUT2D eigenvalue weighted by atomic mass is 32.2. The molecule has 2 aliphatic carbocycles. The Morgan fingerprint density at radius 3 is 2.34 bits per heavy atom. The van der Waals surface area contributed by atoms with Gasteiger partial charge in [0.15, 0.2) is 0 Å². The smallest absolute Gasteiger partial charge is 0.333 e. The van der Waals surface area contributed by atoms with Gasteiger partial charge in [-0.2, -0.15) is 5.10 Å². The van der Waals surface area contributed by atoms with Crippen LogP contribution in [0.15, 0.2) is 15.9 Å². The van der Waals surface area contributed by atoms with Gasteiger partial charge in [-0.1, -0.05) is 0 Å². The first kappa shape index (κ1) is 22.5. The molecule has 1 atom stereocenters. The SMILES string of the molecule is C=NN1C[C@@H](OC)CO/C1=C(/C)S(=O)(=O)NC(=O)Nc1c2c(c(F)c3c1CCC3)CCC2. The second kappa shape index (κ2) is 8.70. The lowest BCUT2D eigenvalue weighted by atomic mass is 9.98. The summed E-state index contributed by atoms with van der Waals surface area (Å²) in [5, 5.41) is 7.77. The van der Waals surface area contributed by atoms with Gasteiger partial charge in [0.05, 0.1) is 6.54 Å². The monoisotopic (exact) mass is 466 g/mol. The van der Waals surface area contributed by atoms with Crippen LogP contribution in [0.4, 0.5) is 14.9 Å². The number of methoxy groups -OCH3 is 1. The number of allylic oxidation sites excluding steroid dienone is 1. The molecule has 11 heteroatoms. The van der Waals surface area contributed by atoms with E-state index in [0.717, 1.165) is 24.0 Å². The van der Waals surface area contributed by atoms with E-state index in [2.05, 4.69) is 17.1 Å². The normalized spacial score (nSPS) is 21.5. The largest absolute Gasteiger partial charge is 0.474 e. The number of hydrogen-bond donors (Lipinski definition) is 2. The molecule has 1 fully saturated rings. The molecule has 2 N–H and O–H groups in total. The zero-order valence-corrected chi connectivity index (χ0v) is 19.0. The molecule has 0 spiro atoms. The van der Waals surface area contributed by atoms with E-state index in [4.69, 9.17) is 9.47 Å². The van der Waals surface area contributed by atoms with Crippen molar-refractivity contribution >= 4 is 28.5 Å². The first-order valence-electron chi connectivity index (χ1n) is 10.6. The van der Waals surface area contributed by atoms with Gasteiger partial charge in [-0.15, -0.1) is 0 Å². The minimum Gasteiger partial charge on any atom is -0.474 e. The van der Waals surface area contributed by atoms with Crippen molar-refractivity contribution in [2.75, 3.05) is 25.6 Å². The first-order chi connectivity index (χ1) is 15.3. The number of sulfonamides is 1. The zero-order valence-electron chi connectivity index (χ0n) is 18.2. The number of nitrogens with one attached hydrogen (secondary N) is 2. The number of nitrogens with zero attached hydrogens (tertiary/aromatic N) is 2. The second-order valence-electron chi connectivity index (χ2n) is 8.12. The molecule has 1 aromatic carbocycles. The number of carbonyl (C=O) groups is 1. The summed E-state index contributed by atoms with van der Waals surface area (Å²) < 4.78 is 53.4. The zero-order chi connectivity index (χ0) is 23.0. The number of hydrazone groups is 1. The number of anilines is 1. The summed E-state index contributed by atoms with van der Waals surface area (Å²) in [6.07, 6.45) is 3.87. The Morgan fingerprint density at radius 2 is 1.78 bits per heavy atom. The topological polar surface area (TPSA) is 109 Å². The predicted octanol–water partition coefficient (Wildman–Crippen LogP) is 2.41.